The number of hydrogen-bond donors (Lipinski definition) is 3. The summed E-state index contributed by atoms with van der Waals surface area (Å²) in [6.07, 6.45) is 0. The van der Waals surface area contributed by atoms with E-state index in [1.54, 1.807) is 7.05 Å². The van der Waals surface area contributed by atoms with E-state index in [1.165, 1.54) is 0 Å². The predicted molar refractivity (Wildman–Crippen MR) is 73.0 cm³/mol. The number of benzene rings is 1. The second-order valence-corrected chi connectivity index (χ2v) is 4.18. The highest BCUT2D eigenvalue weighted by atomic mass is 79.9. The van der Waals surface area contributed by atoms with Crippen molar-refractivity contribution in [3.63, 3.8) is 0 Å². The van der Waals surface area contributed by atoms with Crippen molar-refractivity contribution in [2.45, 2.75) is 6.54 Å². The first-order valence-corrected chi connectivity index (χ1v) is 5.94. The second kappa shape index (κ2) is 6.75. The summed E-state index contributed by atoms with van der Waals surface area (Å²) in [5, 5.41) is 23.8. The van der Waals surface area contributed by atoms with Crippen LogP contribution in [0.2, 0.25) is 0 Å². The van der Waals surface area contributed by atoms with Crippen molar-refractivity contribution in [3.05, 3.63) is 57.5 Å². The van der Waals surface area contributed by atoms with Gasteiger partial charge in [-0.1, -0.05) is 30.3 Å². The molecule has 0 spiro atoms. The van der Waals surface area contributed by atoms with Crippen LogP contribution in [0.25, 0.3) is 0 Å². The molecular weight excluding hydrogens is 300 g/mol. The lowest BCUT2D eigenvalue weighted by atomic mass is 10.2. The van der Waals surface area contributed by atoms with Gasteiger partial charge in [0.1, 0.15) is 0 Å². The Balaban J connectivity index is 2.87. The number of halogens is 1. The van der Waals surface area contributed by atoms with Crippen LogP contribution in [0.4, 0.5) is 0 Å². The SMILES string of the molecule is CN/C(NCc1ccccc1)=C(\C(=N)Br)[N+](=O)[O-]. The first kappa shape index (κ1) is 14.2. The summed E-state index contributed by atoms with van der Waals surface area (Å²) >= 11 is 2.81. The van der Waals surface area contributed by atoms with Crippen molar-refractivity contribution in [2.24, 2.45) is 0 Å². The van der Waals surface area contributed by atoms with Gasteiger partial charge in [-0.3, -0.25) is 15.5 Å². The van der Waals surface area contributed by atoms with Gasteiger partial charge >= 0.3 is 5.70 Å². The number of nitrogens with one attached hydrogen (secondary N) is 3. The van der Waals surface area contributed by atoms with Crippen molar-refractivity contribution in [3.8, 4) is 0 Å². The number of nitro groups is 1. The van der Waals surface area contributed by atoms with Crippen molar-refractivity contribution < 1.29 is 4.92 Å². The molecule has 96 valence electrons. The lowest BCUT2D eigenvalue weighted by molar-refractivity contribution is -0.416. The van der Waals surface area contributed by atoms with E-state index in [2.05, 4.69) is 26.6 Å². The maximum absolute atomic E-state index is 10.8. The molecular formula is C11H13BrN4O2. The molecule has 0 aromatic heterocycles. The van der Waals surface area contributed by atoms with Crippen molar-refractivity contribution in [1.82, 2.24) is 10.6 Å². The monoisotopic (exact) mass is 312 g/mol. The van der Waals surface area contributed by atoms with Crippen LogP contribution >= 0.6 is 15.9 Å². The summed E-state index contributed by atoms with van der Waals surface area (Å²) in [6.45, 7) is 0.439. The van der Waals surface area contributed by atoms with Crippen LogP contribution in [0.1, 0.15) is 5.56 Å². The molecule has 0 radical (unpaired) electrons. The van der Waals surface area contributed by atoms with E-state index in [0.717, 1.165) is 5.56 Å². The molecule has 7 heteroatoms. The third-order valence-corrected chi connectivity index (χ3v) is 2.56. The molecule has 1 rings (SSSR count). The third kappa shape index (κ3) is 3.85. The lowest BCUT2D eigenvalue weighted by Gasteiger charge is -2.10. The zero-order chi connectivity index (χ0) is 13.5. The predicted octanol–water partition coefficient (Wildman–Crippen LogP) is 1.81. The Kier molecular flexibility index (Phi) is 5.31. The summed E-state index contributed by atoms with van der Waals surface area (Å²) in [4.78, 5) is 10.2. The summed E-state index contributed by atoms with van der Waals surface area (Å²) in [6, 6.07) is 9.49. The van der Waals surface area contributed by atoms with E-state index >= 15 is 0 Å². The molecule has 0 atom stereocenters. The molecule has 18 heavy (non-hydrogen) atoms. The molecule has 0 heterocycles. The molecule has 0 saturated heterocycles. The molecule has 0 fully saturated rings. The molecule has 3 N–H and O–H groups in total. The minimum absolute atomic E-state index is 0.200. The zero-order valence-electron chi connectivity index (χ0n) is 9.74. The van der Waals surface area contributed by atoms with E-state index in [-0.39, 0.29) is 16.1 Å². The van der Waals surface area contributed by atoms with Gasteiger partial charge in [0.05, 0.1) is 4.92 Å². The Labute approximate surface area is 113 Å². The topological polar surface area (TPSA) is 91.0 Å². The Morgan fingerprint density at radius 1 is 1.44 bits per heavy atom. The van der Waals surface area contributed by atoms with Gasteiger partial charge in [0.25, 0.3) is 0 Å². The van der Waals surface area contributed by atoms with E-state index < -0.39 is 4.92 Å². The van der Waals surface area contributed by atoms with Crippen LogP contribution in [0.3, 0.4) is 0 Å². The Morgan fingerprint density at radius 3 is 2.50 bits per heavy atom. The maximum atomic E-state index is 10.8. The summed E-state index contributed by atoms with van der Waals surface area (Å²) < 4.78 is -0.280. The van der Waals surface area contributed by atoms with E-state index in [4.69, 9.17) is 5.41 Å². The Morgan fingerprint density at radius 2 is 2.06 bits per heavy atom. The number of nitrogens with zero attached hydrogens (tertiary/aromatic N) is 1. The van der Waals surface area contributed by atoms with Gasteiger partial charge in [0.2, 0.25) is 0 Å². The van der Waals surface area contributed by atoms with E-state index in [1.807, 2.05) is 30.3 Å². The van der Waals surface area contributed by atoms with Crippen LogP contribution in [-0.4, -0.2) is 16.6 Å². The highest BCUT2D eigenvalue weighted by molar-refractivity contribution is 9.18. The number of hydrogen-bond acceptors (Lipinski definition) is 5. The van der Waals surface area contributed by atoms with Crippen LogP contribution in [0.15, 0.2) is 41.8 Å². The first-order valence-electron chi connectivity index (χ1n) is 5.15. The molecule has 6 nitrogen and oxygen atoms in total. The van der Waals surface area contributed by atoms with Crippen LogP contribution < -0.4 is 10.6 Å². The number of allylic oxidation sites excluding steroid dienone is 1. The minimum Gasteiger partial charge on any atom is -0.369 e. The number of rotatable bonds is 6. The fourth-order valence-corrected chi connectivity index (χ4v) is 1.70. The standard InChI is InChI=1S/C11H13BrN4O2/c1-14-11(9(10(12)13)16(17)18)15-7-8-5-3-2-4-6-8/h2-6,13-15H,7H2,1H3/b11-9-,13-10?. The van der Waals surface area contributed by atoms with Gasteiger partial charge in [-0.05, 0) is 21.5 Å². The highest BCUT2D eigenvalue weighted by Crippen LogP contribution is 2.08. The van der Waals surface area contributed by atoms with Crippen molar-refractivity contribution in [1.29, 1.82) is 5.41 Å². The summed E-state index contributed by atoms with van der Waals surface area (Å²) in [5.41, 5.74) is 0.669. The lowest BCUT2D eigenvalue weighted by Crippen LogP contribution is -2.28. The van der Waals surface area contributed by atoms with E-state index in [9.17, 15) is 10.1 Å². The first-order chi connectivity index (χ1) is 8.56. The third-order valence-electron chi connectivity index (χ3n) is 2.19. The molecule has 1 aromatic rings. The molecule has 0 aliphatic rings. The van der Waals surface area contributed by atoms with Gasteiger partial charge in [-0.25, -0.2) is 0 Å². The quantitative estimate of drug-likeness (QED) is 0.424. The zero-order valence-corrected chi connectivity index (χ0v) is 11.3. The average Bonchev–Trinajstić information content (AvgIpc) is 2.34. The molecule has 0 unspecified atom stereocenters. The summed E-state index contributed by atoms with van der Waals surface area (Å²) in [5.74, 6) is 0.200. The Bertz CT molecular complexity index is 457. The Hall–Kier alpha value is -1.89. The fourth-order valence-electron chi connectivity index (χ4n) is 1.36. The fraction of sp³-hybridized carbons (Fsp3) is 0.182. The maximum Gasteiger partial charge on any atom is 0.340 e. The van der Waals surface area contributed by atoms with Crippen molar-refractivity contribution in [2.75, 3.05) is 7.05 Å². The molecule has 0 aliphatic heterocycles. The van der Waals surface area contributed by atoms with Crippen molar-refractivity contribution >= 4 is 20.6 Å². The van der Waals surface area contributed by atoms with Gasteiger partial charge in [0.15, 0.2) is 10.4 Å². The van der Waals surface area contributed by atoms with Gasteiger partial charge in [0, 0.05) is 13.6 Å². The minimum atomic E-state index is -0.610. The van der Waals surface area contributed by atoms with Gasteiger partial charge in [-0.2, -0.15) is 0 Å². The van der Waals surface area contributed by atoms with Crippen LogP contribution in [0, 0.1) is 15.5 Å². The molecule has 0 aliphatic carbocycles. The van der Waals surface area contributed by atoms with Crippen LogP contribution in [-0.2, 0) is 6.54 Å². The molecule has 1 aromatic carbocycles. The second-order valence-electron chi connectivity index (χ2n) is 3.38. The largest absolute Gasteiger partial charge is 0.369 e. The summed E-state index contributed by atoms with van der Waals surface area (Å²) in [7, 11) is 1.56. The normalized spacial score (nSPS) is 11.4. The molecule has 0 bridgehead atoms. The van der Waals surface area contributed by atoms with Crippen LogP contribution in [0.5, 0.6) is 0 Å². The van der Waals surface area contributed by atoms with Gasteiger partial charge < -0.3 is 10.6 Å². The smallest absolute Gasteiger partial charge is 0.340 e. The van der Waals surface area contributed by atoms with E-state index in [0.29, 0.717) is 6.54 Å². The van der Waals surface area contributed by atoms with Gasteiger partial charge in [-0.15, -0.1) is 0 Å². The molecule has 0 amide bonds. The molecule has 0 saturated carbocycles. The average molecular weight is 313 g/mol. The highest BCUT2D eigenvalue weighted by Gasteiger charge is 2.21.